The fourth-order valence-electron chi connectivity index (χ4n) is 1.05. The standard InChI is InChI=1S/C8H13NO6.C2H6/c1-2-9-7(14)8(15,3-5(10)11)4-6(12)13;1-2/h15H,2-4H2,1H3,(H,9,14)(H,10,11)(H,12,13);1-2H3. The van der Waals surface area contributed by atoms with Gasteiger partial charge in [-0.05, 0) is 6.92 Å². The molecule has 0 aliphatic heterocycles. The smallest absolute Gasteiger partial charge is 0.306 e. The van der Waals surface area contributed by atoms with Gasteiger partial charge in [-0.15, -0.1) is 0 Å². The maximum atomic E-state index is 11.2. The molecule has 0 unspecified atom stereocenters. The first-order valence-corrected chi connectivity index (χ1v) is 5.26. The lowest BCUT2D eigenvalue weighted by Gasteiger charge is -2.22. The van der Waals surface area contributed by atoms with E-state index < -0.39 is 36.3 Å². The fraction of sp³-hybridized carbons (Fsp3) is 0.700. The lowest BCUT2D eigenvalue weighted by Crippen LogP contribution is -2.49. The minimum Gasteiger partial charge on any atom is -0.481 e. The molecule has 0 bridgehead atoms. The first kappa shape index (κ1) is 17.8. The second kappa shape index (κ2) is 8.51. The molecule has 0 aliphatic carbocycles. The van der Waals surface area contributed by atoms with Gasteiger partial charge in [-0.2, -0.15) is 0 Å². The SMILES string of the molecule is CC.CCNC(=O)C(O)(CC(=O)O)CC(=O)O. The van der Waals surface area contributed by atoms with Gasteiger partial charge in [-0.1, -0.05) is 13.8 Å². The van der Waals surface area contributed by atoms with Crippen LogP contribution < -0.4 is 5.32 Å². The van der Waals surface area contributed by atoms with E-state index in [1.807, 2.05) is 13.8 Å². The maximum absolute atomic E-state index is 11.2. The van der Waals surface area contributed by atoms with Crippen molar-refractivity contribution in [2.24, 2.45) is 0 Å². The highest BCUT2D eigenvalue weighted by Gasteiger charge is 2.40. The van der Waals surface area contributed by atoms with Crippen molar-refractivity contribution >= 4 is 17.8 Å². The fourth-order valence-corrected chi connectivity index (χ4v) is 1.05. The molecule has 100 valence electrons. The van der Waals surface area contributed by atoms with Crippen molar-refractivity contribution in [3.8, 4) is 0 Å². The van der Waals surface area contributed by atoms with E-state index in [-0.39, 0.29) is 6.54 Å². The lowest BCUT2D eigenvalue weighted by molar-refractivity contribution is -0.158. The minimum absolute atomic E-state index is 0.181. The number of carbonyl (C=O) groups excluding carboxylic acids is 1. The highest BCUT2D eigenvalue weighted by Crippen LogP contribution is 2.15. The van der Waals surface area contributed by atoms with E-state index in [0.717, 1.165) is 0 Å². The number of amides is 1. The predicted octanol–water partition coefficient (Wildman–Crippen LogP) is -0.171. The average Bonchev–Trinajstić information content (AvgIpc) is 2.18. The van der Waals surface area contributed by atoms with Gasteiger partial charge in [-0.25, -0.2) is 0 Å². The third-order valence-corrected chi connectivity index (χ3v) is 1.65. The molecule has 0 aromatic rings. The van der Waals surface area contributed by atoms with Crippen molar-refractivity contribution in [1.82, 2.24) is 5.32 Å². The number of hydrogen-bond donors (Lipinski definition) is 4. The van der Waals surface area contributed by atoms with Crippen LogP contribution >= 0.6 is 0 Å². The number of aliphatic hydroxyl groups is 1. The molecule has 0 fully saturated rings. The monoisotopic (exact) mass is 249 g/mol. The van der Waals surface area contributed by atoms with Crippen LogP contribution in [0.4, 0.5) is 0 Å². The van der Waals surface area contributed by atoms with Crippen molar-refractivity contribution < 1.29 is 29.7 Å². The third-order valence-electron chi connectivity index (χ3n) is 1.65. The Morgan fingerprint density at radius 1 is 1.06 bits per heavy atom. The van der Waals surface area contributed by atoms with E-state index in [1.165, 1.54) is 0 Å². The Kier molecular flexibility index (Phi) is 8.89. The number of rotatable bonds is 6. The molecule has 7 heteroatoms. The molecule has 0 aromatic carbocycles. The summed E-state index contributed by atoms with van der Waals surface area (Å²) in [5.41, 5.74) is -2.40. The van der Waals surface area contributed by atoms with Gasteiger partial charge in [-0.3, -0.25) is 14.4 Å². The van der Waals surface area contributed by atoms with Crippen molar-refractivity contribution in [3.63, 3.8) is 0 Å². The van der Waals surface area contributed by atoms with Crippen LogP contribution in [0.15, 0.2) is 0 Å². The Balaban J connectivity index is 0. The lowest BCUT2D eigenvalue weighted by atomic mass is 9.94. The highest BCUT2D eigenvalue weighted by molar-refractivity contribution is 5.92. The van der Waals surface area contributed by atoms with Crippen LogP contribution in [0.3, 0.4) is 0 Å². The number of carboxylic acid groups (broad SMARTS) is 2. The summed E-state index contributed by atoms with van der Waals surface area (Å²) in [6.07, 6.45) is -1.88. The van der Waals surface area contributed by atoms with E-state index in [2.05, 4.69) is 5.32 Å². The molecule has 0 heterocycles. The van der Waals surface area contributed by atoms with Gasteiger partial charge in [0.1, 0.15) is 0 Å². The average molecular weight is 249 g/mol. The maximum Gasteiger partial charge on any atom is 0.306 e. The number of carbonyl (C=O) groups is 3. The van der Waals surface area contributed by atoms with E-state index in [0.29, 0.717) is 0 Å². The zero-order chi connectivity index (χ0) is 14.1. The van der Waals surface area contributed by atoms with E-state index in [4.69, 9.17) is 10.2 Å². The molecular weight excluding hydrogens is 230 g/mol. The van der Waals surface area contributed by atoms with Crippen LogP contribution in [0.2, 0.25) is 0 Å². The second-order valence-corrected chi connectivity index (χ2v) is 3.03. The van der Waals surface area contributed by atoms with Crippen LogP contribution in [0, 0.1) is 0 Å². The van der Waals surface area contributed by atoms with Crippen molar-refractivity contribution in [2.75, 3.05) is 6.54 Å². The van der Waals surface area contributed by atoms with Crippen LogP contribution in [0.1, 0.15) is 33.6 Å². The molecule has 0 radical (unpaired) electrons. The topological polar surface area (TPSA) is 124 Å². The highest BCUT2D eigenvalue weighted by atomic mass is 16.4. The van der Waals surface area contributed by atoms with Crippen LogP contribution in [0.5, 0.6) is 0 Å². The van der Waals surface area contributed by atoms with Crippen molar-refractivity contribution in [1.29, 1.82) is 0 Å². The molecule has 0 rings (SSSR count). The van der Waals surface area contributed by atoms with Gasteiger partial charge >= 0.3 is 11.9 Å². The summed E-state index contributed by atoms with van der Waals surface area (Å²) in [6.45, 7) is 5.75. The summed E-state index contributed by atoms with van der Waals surface area (Å²) in [6, 6.07) is 0. The number of likely N-dealkylation sites (N-methyl/N-ethyl adjacent to an activating group) is 1. The molecule has 17 heavy (non-hydrogen) atoms. The van der Waals surface area contributed by atoms with E-state index in [1.54, 1.807) is 6.92 Å². The first-order valence-electron chi connectivity index (χ1n) is 5.26. The Morgan fingerprint density at radius 3 is 1.65 bits per heavy atom. The zero-order valence-corrected chi connectivity index (χ0v) is 10.2. The summed E-state index contributed by atoms with van der Waals surface area (Å²) < 4.78 is 0. The number of nitrogens with one attached hydrogen (secondary N) is 1. The molecule has 1 amide bonds. The molecule has 0 atom stereocenters. The number of hydrogen-bond acceptors (Lipinski definition) is 4. The van der Waals surface area contributed by atoms with E-state index >= 15 is 0 Å². The molecule has 0 saturated heterocycles. The zero-order valence-electron chi connectivity index (χ0n) is 10.2. The molecule has 0 spiro atoms. The molecule has 0 aromatic heterocycles. The second-order valence-electron chi connectivity index (χ2n) is 3.03. The van der Waals surface area contributed by atoms with Crippen LogP contribution in [-0.4, -0.2) is 45.3 Å². The Hall–Kier alpha value is -1.63. The van der Waals surface area contributed by atoms with Crippen LogP contribution in [0.25, 0.3) is 0 Å². The number of aliphatic carboxylic acids is 2. The predicted molar refractivity (Wildman–Crippen MR) is 59.5 cm³/mol. The number of carboxylic acids is 2. The van der Waals surface area contributed by atoms with Gasteiger partial charge in [0.05, 0.1) is 12.8 Å². The van der Waals surface area contributed by atoms with Gasteiger partial charge in [0, 0.05) is 6.54 Å². The molecule has 0 aliphatic rings. The molecule has 0 saturated carbocycles. The van der Waals surface area contributed by atoms with Gasteiger partial charge in [0.15, 0.2) is 5.60 Å². The summed E-state index contributed by atoms with van der Waals surface area (Å²) in [5, 5.41) is 28.7. The largest absolute Gasteiger partial charge is 0.481 e. The minimum atomic E-state index is -2.40. The van der Waals surface area contributed by atoms with Gasteiger partial charge in [0.2, 0.25) is 0 Å². The third kappa shape index (κ3) is 7.29. The summed E-state index contributed by atoms with van der Waals surface area (Å²) in [7, 11) is 0. The quantitative estimate of drug-likeness (QED) is 0.518. The van der Waals surface area contributed by atoms with Crippen LogP contribution in [-0.2, 0) is 14.4 Å². The summed E-state index contributed by atoms with van der Waals surface area (Å²) in [5.74, 6) is -3.87. The first-order chi connectivity index (χ1) is 7.81. The summed E-state index contributed by atoms with van der Waals surface area (Å²) >= 11 is 0. The van der Waals surface area contributed by atoms with Gasteiger partial charge in [0.25, 0.3) is 5.91 Å². The molecule has 7 nitrogen and oxygen atoms in total. The Morgan fingerprint density at radius 2 is 1.41 bits per heavy atom. The van der Waals surface area contributed by atoms with Crippen molar-refractivity contribution in [2.45, 2.75) is 39.2 Å². The Bertz CT molecular complexity index is 260. The summed E-state index contributed by atoms with van der Waals surface area (Å²) in [4.78, 5) is 32.0. The molecule has 4 N–H and O–H groups in total. The molecular formula is C10H19NO6. The van der Waals surface area contributed by atoms with E-state index in [9.17, 15) is 19.5 Å². The van der Waals surface area contributed by atoms with Gasteiger partial charge < -0.3 is 20.6 Å². The van der Waals surface area contributed by atoms with Crippen molar-refractivity contribution in [3.05, 3.63) is 0 Å². The normalized spacial score (nSPS) is 9.88. The Labute approximate surface area is 99.4 Å².